The summed E-state index contributed by atoms with van der Waals surface area (Å²) in [5, 5.41) is 0. The van der Waals surface area contributed by atoms with Gasteiger partial charge in [-0.1, -0.05) is 48.5 Å². The zero-order valence-electron chi connectivity index (χ0n) is 15.8. The van der Waals surface area contributed by atoms with Crippen molar-refractivity contribution in [3.05, 3.63) is 105 Å². The molecular formula is C24H18BrNO3. The summed E-state index contributed by atoms with van der Waals surface area (Å²) in [6, 6.07) is 23.2. The first-order chi connectivity index (χ1) is 14.1. The van der Waals surface area contributed by atoms with Crippen molar-refractivity contribution in [3.63, 3.8) is 0 Å². The number of halogens is 1. The number of ether oxygens (including phenoxy) is 2. The lowest BCUT2D eigenvalue weighted by Gasteiger charge is -2.08. The smallest absolute Gasteiger partial charge is 0.363 e. The van der Waals surface area contributed by atoms with Crippen LogP contribution >= 0.6 is 15.9 Å². The number of aryl methyl sites for hydroxylation is 1. The van der Waals surface area contributed by atoms with Crippen LogP contribution in [0.5, 0.6) is 5.75 Å². The number of carbonyl (C=O) groups excluding carboxylic acids is 1. The summed E-state index contributed by atoms with van der Waals surface area (Å²) in [6.07, 6.45) is 1.71. The van der Waals surface area contributed by atoms with Gasteiger partial charge < -0.3 is 9.47 Å². The van der Waals surface area contributed by atoms with E-state index in [9.17, 15) is 4.79 Å². The summed E-state index contributed by atoms with van der Waals surface area (Å²) in [7, 11) is 0. The minimum atomic E-state index is -0.462. The Hall–Kier alpha value is -3.18. The fraction of sp³-hybridized carbons (Fsp3) is 0.0833. The van der Waals surface area contributed by atoms with Crippen molar-refractivity contribution >= 4 is 33.9 Å². The van der Waals surface area contributed by atoms with E-state index in [4.69, 9.17) is 9.47 Å². The van der Waals surface area contributed by atoms with Gasteiger partial charge in [-0.2, -0.15) is 0 Å². The van der Waals surface area contributed by atoms with Crippen molar-refractivity contribution in [2.75, 3.05) is 0 Å². The lowest BCUT2D eigenvalue weighted by molar-refractivity contribution is -0.129. The second kappa shape index (κ2) is 8.45. The molecular weight excluding hydrogens is 430 g/mol. The molecule has 5 heteroatoms. The second-order valence-corrected chi connectivity index (χ2v) is 7.45. The monoisotopic (exact) mass is 447 g/mol. The third-order valence-corrected chi connectivity index (χ3v) is 5.26. The molecule has 0 spiro atoms. The van der Waals surface area contributed by atoms with E-state index < -0.39 is 5.97 Å². The quantitative estimate of drug-likeness (QED) is 0.373. The maximum Gasteiger partial charge on any atom is 0.363 e. The number of carbonyl (C=O) groups is 1. The van der Waals surface area contributed by atoms with E-state index >= 15 is 0 Å². The Kier molecular flexibility index (Phi) is 5.58. The molecule has 29 heavy (non-hydrogen) atoms. The Morgan fingerprint density at radius 2 is 1.72 bits per heavy atom. The van der Waals surface area contributed by atoms with E-state index in [2.05, 4.69) is 40.0 Å². The van der Waals surface area contributed by atoms with Crippen LogP contribution in [0.15, 0.2) is 88.0 Å². The molecule has 4 rings (SSSR count). The molecule has 0 N–H and O–H groups in total. The maximum absolute atomic E-state index is 12.2. The minimum Gasteiger partial charge on any atom is -0.489 e. The Morgan fingerprint density at radius 1 is 1.00 bits per heavy atom. The number of nitrogens with zero attached hydrogens (tertiary/aromatic N) is 1. The predicted molar refractivity (Wildman–Crippen MR) is 117 cm³/mol. The van der Waals surface area contributed by atoms with Crippen LogP contribution in [0.25, 0.3) is 6.08 Å². The molecule has 0 saturated heterocycles. The number of aliphatic imine (C=N–C) groups is 1. The average Bonchev–Trinajstić information content (AvgIpc) is 3.09. The number of benzene rings is 3. The number of hydrogen-bond acceptors (Lipinski definition) is 4. The molecule has 0 aliphatic carbocycles. The SMILES string of the molecule is Cc1ccccc1COc1ccc(/C=C2\N=C(c3ccccc3Br)OC2=O)cc1. The van der Waals surface area contributed by atoms with Crippen LogP contribution in [0.3, 0.4) is 0 Å². The van der Waals surface area contributed by atoms with Crippen LogP contribution in [0.1, 0.15) is 22.3 Å². The van der Waals surface area contributed by atoms with E-state index in [0.29, 0.717) is 12.5 Å². The summed E-state index contributed by atoms with van der Waals surface area (Å²) in [5.74, 6) is 0.601. The Balaban J connectivity index is 1.48. The van der Waals surface area contributed by atoms with Crippen LogP contribution in [-0.2, 0) is 16.1 Å². The van der Waals surface area contributed by atoms with Gasteiger partial charge in [0.1, 0.15) is 12.4 Å². The fourth-order valence-electron chi connectivity index (χ4n) is 2.91. The molecule has 3 aromatic carbocycles. The van der Waals surface area contributed by atoms with E-state index in [1.165, 1.54) is 5.56 Å². The van der Waals surface area contributed by atoms with Gasteiger partial charge in [0.2, 0.25) is 5.90 Å². The summed E-state index contributed by atoms with van der Waals surface area (Å²) in [5.41, 5.74) is 4.21. The van der Waals surface area contributed by atoms with Crippen LogP contribution in [-0.4, -0.2) is 11.9 Å². The number of esters is 1. The molecule has 1 heterocycles. The van der Waals surface area contributed by atoms with Gasteiger partial charge in [0.15, 0.2) is 5.70 Å². The van der Waals surface area contributed by atoms with Crippen molar-refractivity contribution < 1.29 is 14.3 Å². The Bertz CT molecular complexity index is 1120. The van der Waals surface area contributed by atoms with Crippen LogP contribution in [0.2, 0.25) is 0 Å². The highest BCUT2D eigenvalue weighted by Gasteiger charge is 2.25. The molecule has 0 atom stereocenters. The van der Waals surface area contributed by atoms with Crippen molar-refractivity contribution in [1.29, 1.82) is 0 Å². The third-order valence-electron chi connectivity index (χ3n) is 4.56. The highest BCUT2D eigenvalue weighted by Crippen LogP contribution is 2.24. The minimum absolute atomic E-state index is 0.268. The molecule has 3 aromatic rings. The molecule has 0 radical (unpaired) electrons. The molecule has 0 saturated carbocycles. The van der Waals surface area contributed by atoms with E-state index in [1.54, 1.807) is 6.08 Å². The normalized spacial score (nSPS) is 14.6. The number of hydrogen-bond donors (Lipinski definition) is 0. The van der Waals surface area contributed by atoms with Crippen molar-refractivity contribution in [3.8, 4) is 5.75 Å². The highest BCUT2D eigenvalue weighted by atomic mass is 79.9. The van der Waals surface area contributed by atoms with Gasteiger partial charge in [-0.05, 0) is 69.9 Å². The first kappa shape index (κ1) is 19.2. The lowest BCUT2D eigenvalue weighted by Crippen LogP contribution is -2.05. The van der Waals surface area contributed by atoms with Gasteiger partial charge in [0.05, 0.1) is 5.56 Å². The van der Waals surface area contributed by atoms with E-state index in [0.717, 1.165) is 26.9 Å². The van der Waals surface area contributed by atoms with Gasteiger partial charge >= 0.3 is 5.97 Å². The van der Waals surface area contributed by atoms with Crippen LogP contribution in [0.4, 0.5) is 0 Å². The van der Waals surface area contributed by atoms with E-state index in [1.807, 2.05) is 60.7 Å². The second-order valence-electron chi connectivity index (χ2n) is 6.60. The number of cyclic esters (lactones) is 1. The zero-order chi connectivity index (χ0) is 20.2. The summed E-state index contributed by atoms with van der Waals surface area (Å²) in [6.45, 7) is 2.58. The first-order valence-corrected chi connectivity index (χ1v) is 9.94. The molecule has 0 aromatic heterocycles. The topological polar surface area (TPSA) is 47.9 Å². The number of rotatable bonds is 5. The van der Waals surface area contributed by atoms with E-state index in [-0.39, 0.29) is 5.70 Å². The van der Waals surface area contributed by atoms with Crippen LogP contribution < -0.4 is 4.74 Å². The molecule has 4 nitrogen and oxygen atoms in total. The van der Waals surface area contributed by atoms with Crippen molar-refractivity contribution in [2.24, 2.45) is 4.99 Å². The molecule has 144 valence electrons. The Labute approximate surface area is 177 Å². The average molecular weight is 448 g/mol. The summed E-state index contributed by atoms with van der Waals surface area (Å²) < 4.78 is 12.0. The summed E-state index contributed by atoms with van der Waals surface area (Å²) >= 11 is 3.45. The molecule has 0 unspecified atom stereocenters. The Morgan fingerprint density at radius 3 is 2.48 bits per heavy atom. The largest absolute Gasteiger partial charge is 0.489 e. The van der Waals surface area contributed by atoms with Crippen molar-refractivity contribution in [1.82, 2.24) is 0 Å². The zero-order valence-corrected chi connectivity index (χ0v) is 17.3. The fourth-order valence-corrected chi connectivity index (χ4v) is 3.36. The van der Waals surface area contributed by atoms with Gasteiger partial charge in [-0.25, -0.2) is 9.79 Å². The van der Waals surface area contributed by atoms with Crippen molar-refractivity contribution in [2.45, 2.75) is 13.5 Å². The molecule has 0 amide bonds. The molecule has 1 aliphatic heterocycles. The standard InChI is InChI=1S/C24H18BrNO3/c1-16-6-2-3-7-18(16)15-28-19-12-10-17(11-13-19)14-22-24(27)29-23(26-22)20-8-4-5-9-21(20)25/h2-14H,15H2,1H3/b22-14-. The molecule has 1 aliphatic rings. The third kappa shape index (κ3) is 4.46. The van der Waals surface area contributed by atoms with Crippen LogP contribution in [0, 0.1) is 6.92 Å². The first-order valence-electron chi connectivity index (χ1n) is 9.15. The molecule has 0 fully saturated rings. The lowest BCUT2D eigenvalue weighted by atomic mass is 10.1. The van der Waals surface area contributed by atoms with Gasteiger partial charge in [-0.3, -0.25) is 0 Å². The van der Waals surface area contributed by atoms with Gasteiger partial charge in [0.25, 0.3) is 0 Å². The summed E-state index contributed by atoms with van der Waals surface area (Å²) in [4.78, 5) is 16.5. The molecule has 0 bridgehead atoms. The highest BCUT2D eigenvalue weighted by molar-refractivity contribution is 9.10. The van der Waals surface area contributed by atoms with Gasteiger partial charge in [0, 0.05) is 4.47 Å². The maximum atomic E-state index is 12.2. The predicted octanol–water partition coefficient (Wildman–Crippen LogP) is 5.68. The van der Waals surface area contributed by atoms with Gasteiger partial charge in [-0.15, -0.1) is 0 Å².